The van der Waals surface area contributed by atoms with E-state index in [0.29, 0.717) is 0 Å². The van der Waals surface area contributed by atoms with Crippen LogP contribution in [0.1, 0.15) is 24.6 Å². The van der Waals surface area contributed by atoms with Gasteiger partial charge >= 0.3 is 0 Å². The fourth-order valence-corrected chi connectivity index (χ4v) is 3.00. The van der Waals surface area contributed by atoms with Crippen molar-refractivity contribution in [3.05, 3.63) is 29.9 Å². The molecule has 1 aliphatic rings. The molecular weight excluding hydrogens is 246 g/mol. The molecule has 4 nitrogen and oxygen atoms in total. The number of furan rings is 1. The molecule has 3 heterocycles. The monoisotopic (exact) mass is 261 g/mol. The average molecular weight is 261 g/mol. The number of nitrogens with one attached hydrogen (secondary N) is 1. The maximum atomic E-state index is 5.10. The maximum absolute atomic E-state index is 5.10. The molecule has 0 radical (unpaired) electrons. The molecule has 1 aliphatic heterocycles. The van der Waals surface area contributed by atoms with Crippen molar-refractivity contribution >= 4 is 17.6 Å². The highest BCUT2D eigenvalue weighted by atomic mass is 32.2. The van der Waals surface area contributed by atoms with Crippen LogP contribution in [-0.2, 0) is 11.5 Å². The summed E-state index contributed by atoms with van der Waals surface area (Å²) in [6.45, 7) is 3.10. The van der Waals surface area contributed by atoms with E-state index in [4.69, 9.17) is 4.42 Å². The molecule has 1 N–H and O–H groups in total. The first-order valence-electron chi connectivity index (χ1n) is 6.12. The summed E-state index contributed by atoms with van der Waals surface area (Å²) in [5.41, 5.74) is 3.36. The minimum atomic E-state index is 0.753. The van der Waals surface area contributed by atoms with Gasteiger partial charge in [0, 0.05) is 23.6 Å². The Morgan fingerprint density at radius 1 is 1.39 bits per heavy atom. The molecular formula is C13H15N3OS. The van der Waals surface area contributed by atoms with Crippen LogP contribution in [0, 0.1) is 0 Å². The first kappa shape index (κ1) is 11.6. The lowest BCUT2D eigenvalue weighted by atomic mass is 10.2. The molecule has 0 unspecified atom stereocenters. The third kappa shape index (κ3) is 2.10. The first-order valence-corrected chi connectivity index (χ1v) is 7.28. The zero-order valence-electron chi connectivity index (χ0n) is 10.3. The fourth-order valence-electron chi connectivity index (χ4n) is 1.96. The highest BCUT2D eigenvalue weighted by molar-refractivity contribution is 7.98. The topological polar surface area (TPSA) is 51.0 Å². The Labute approximate surface area is 110 Å². The minimum Gasteiger partial charge on any atom is -0.472 e. The van der Waals surface area contributed by atoms with Gasteiger partial charge in [-0.25, -0.2) is 9.97 Å². The Balaban J connectivity index is 2.02. The van der Waals surface area contributed by atoms with Crippen LogP contribution < -0.4 is 5.32 Å². The summed E-state index contributed by atoms with van der Waals surface area (Å²) >= 11 is 1.89. The van der Waals surface area contributed by atoms with Gasteiger partial charge in [-0.05, 0) is 12.5 Å². The molecule has 18 heavy (non-hydrogen) atoms. The Bertz CT molecular complexity index is 539. The summed E-state index contributed by atoms with van der Waals surface area (Å²) in [6.07, 6.45) is 4.43. The third-order valence-electron chi connectivity index (χ3n) is 2.90. The van der Waals surface area contributed by atoms with Gasteiger partial charge in [-0.3, -0.25) is 0 Å². The Morgan fingerprint density at radius 3 is 3.11 bits per heavy atom. The molecule has 5 heteroatoms. The predicted molar refractivity (Wildman–Crippen MR) is 73.5 cm³/mol. The van der Waals surface area contributed by atoms with E-state index in [9.17, 15) is 0 Å². The Kier molecular flexibility index (Phi) is 3.23. The zero-order valence-corrected chi connectivity index (χ0v) is 11.1. The van der Waals surface area contributed by atoms with E-state index >= 15 is 0 Å². The van der Waals surface area contributed by atoms with Gasteiger partial charge < -0.3 is 9.73 Å². The average Bonchev–Trinajstić information content (AvgIpc) is 3.05. The Morgan fingerprint density at radius 2 is 2.33 bits per heavy atom. The van der Waals surface area contributed by atoms with Crippen LogP contribution in [0.25, 0.3) is 11.4 Å². The number of thioether (sulfide) groups is 1. The molecule has 0 bridgehead atoms. The van der Waals surface area contributed by atoms with Gasteiger partial charge in [0.05, 0.1) is 17.5 Å². The van der Waals surface area contributed by atoms with Gasteiger partial charge in [0.15, 0.2) is 5.82 Å². The molecule has 0 saturated carbocycles. The summed E-state index contributed by atoms with van der Waals surface area (Å²) in [6, 6.07) is 1.90. The van der Waals surface area contributed by atoms with Crippen LogP contribution in [0.15, 0.2) is 23.0 Å². The van der Waals surface area contributed by atoms with Gasteiger partial charge in [0.25, 0.3) is 0 Å². The zero-order chi connectivity index (χ0) is 12.4. The second-order valence-electron chi connectivity index (χ2n) is 4.25. The van der Waals surface area contributed by atoms with Crippen LogP contribution in [0.3, 0.4) is 0 Å². The third-order valence-corrected chi connectivity index (χ3v) is 3.87. The number of rotatable bonds is 4. The van der Waals surface area contributed by atoms with Crippen molar-refractivity contribution in [1.29, 1.82) is 0 Å². The van der Waals surface area contributed by atoms with Crippen molar-refractivity contribution in [1.82, 2.24) is 9.97 Å². The summed E-state index contributed by atoms with van der Waals surface area (Å²) < 4.78 is 5.10. The lowest BCUT2D eigenvalue weighted by Crippen LogP contribution is -2.07. The standard InChI is InChI=1S/C13H15N3OS/c1-2-4-14-13-10-7-18-8-11(10)15-12(16-13)9-3-5-17-6-9/h3,5-6H,2,4,7-8H2,1H3,(H,14,15,16). The largest absolute Gasteiger partial charge is 0.472 e. The molecule has 0 atom stereocenters. The second kappa shape index (κ2) is 5.02. The van der Waals surface area contributed by atoms with Crippen molar-refractivity contribution in [2.75, 3.05) is 11.9 Å². The molecule has 0 aliphatic carbocycles. The first-order chi connectivity index (χ1) is 8.88. The normalized spacial score (nSPS) is 13.6. The molecule has 0 fully saturated rings. The summed E-state index contributed by atoms with van der Waals surface area (Å²) in [5, 5.41) is 3.40. The molecule has 94 valence electrons. The van der Waals surface area contributed by atoms with E-state index in [1.807, 2.05) is 17.8 Å². The van der Waals surface area contributed by atoms with E-state index in [1.165, 1.54) is 5.56 Å². The van der Waals surface area contributed by atoms with Crippen molar-refractivity contribution < 1.29 is 4.42 Å². The van der Waals surface area contributed by atoms with Gasteiger partial charge in [-0.2, -0.15) is 11.8 Å². The smallest absolute Gasteiger partial charge is 0.165 e. The number of hydrogen-bond donors (Lipinski definition) is 1. The lowest BCUT2D eigenvalue weighted by Gasteiger charge is -2.10. The SMILES string of the molecule is CCCNc1nc(-c2ccoc2)nc2c1CSC2. The minimum absolute atomic E-state index is 0.753. The quantitative estimate of drug-likeness (QED) is 0.915. The molecule has 0 spiro atoms. The van der Waals surface area contributed by atoms with Crippen molar-refractivity contribution in [2.45, 2.75) is 24.9 Å². The fraction of sp³-hybridized carbons (Fsp3) is 0.385. The maximum Gasteiger partial charge on any atom is 0.165 e. The summed E-state index contributed by atoms with van der Waals surface area (Å²) in [5.74, 6) is 3.72. The van der Waals surface area contributed by atoms with E-state index in [-0.39, 0.29) is 0 Å². The van der Waals surface area contributed by atoms with Crippen LogP contribution in [0.2, 0.25) is 0 Å². The van der Waals surface area contributed by atoms with Crippen molar-refractivity contribution in [3.63, 3.8) is 0 Å². The Hall–Kier alpha value is -1.49. The van der Waals surface area contributed by atoms with Gasteiger partial charge in [-0.1, -0.05) is 6.92 Å². The summed E-state index contributed by atoms with van der Waals surface area (Å²) in [4.78, 5) is 9.26. The second-order valence-corrected chi connectivity index (χ2v) is 5.24. The van der Waals surface area contributed by atoms with E-state index in [1.54, 1.807) is 12.5 Å². The molecule has 3 rings (SSSR count). The predicted octanol–water partition coefficient (Wildman–Crippen LogP) is 3.31. The number of nitrogens with zero attached hydrogens (tertiary/aromatic N) is 2. The molecule has 0 amide bonds. The number of aromatic nitrogens is 2. The highest BCUT2D eigenvalue weighted by Gasteiger charge is 2.20. The van der Waals surface area contributed by atoms with Crippen LogP contribution in [0.5, 0.6) is 0 Å². The van der Waals surface area contributed by atoms with E-state index in [2.05, 4.69) is 22.2 Å². The number of hydrogen-bond acceptors (Lipinski definition) is 5. The van der Waals surface area contributed by atoms with Gasteiger partial charge in [0.2, 0.25) is 0 Å². The highest BCUT2D eigenvalue weighted by Crippen LogP contribution is 2.34. The molecule has 2 aromatic rings. The van der Waals surface area contributed by atoms with Crippen molar-refractivity contribution in [3.8, 4) is 11.4 Å². The molecule has 2 aromatic heterocycles. The lowest BCUT2D eigenvalue weighted by molar-refractivity contribution is 0.568. The van der Waals surface area contributed by atoms with Crippen molar-refractivity contribution in [2.24, 2.45) is 0 Å². The van der Waals surface area contributed by atoms with E-state index in [0.717, 1.165) is 47.4 Å². The number of fused-ring (bicyclic) bond motifs is 1. The summed E-state index contributed by atoms with van der Waals surface area (Å²) in [7, 11) is 0. The van der Waals surface area contributed by atoms with Gasteiger partial charge in [0.1, 0.15) is 12.1 Å². The van der Waals surface area contributed by atoms with Crippen LogP contribution in [-0.4, -0.2) is 16.5 Å². The molecule has 0 saturated heterocycles. The number of anilines is 1. The van der Waals surface area contributed by atoms with Crippen LogP contribution in [0.4, 0.5) is 5.82 Å². The van der Waals surface area contributed by atoms with Crippen LogP contribution >= 0.6 is 11.8 Å². The van der Waals surface area contributed by atoms with E-state index < -0.39 is 0 Å². The van der Waals surface area contributed by atoms with Gasteiger partial charge in [-0.15, -0.1) is 0 Å². The molecule has 0 aromatic carbocycles.